The average Bonchev–Trinajstić information content (AvgIpc) is 2.91. The van der Waals surface area contributed by atoms with Gasteiger partial charge in [0.25, 0.3) is 0 Å². The van der Waals surface area contributed by atoms with Gasteiger partial charge >= 0.3 is 5.97 Å². The SMILES string of the molecule is CCOC(=O)c1cc(NCc2ccsc2)c(F)cc1N. The Morgan fingerprint density at radius 3 is 2.95 bits per heavy atom. The Balaban J connectivity index is 2.19. The van der Waals surface area contributed by atoms with Gasteiger partial charge in [-0.3, -0.25) is 0 Å². The summed E-state index contributed by atoms with van der Waals surface area (Å²) in [6, 6.07) is 4.45. The highest BCUT2D eigenvalue weighted by molar-refractivity contribution is 7.07. The van der Waals surface area contributed by atoms with Gasteiger partial charge in [-0.2, -0.15) is 11.3 Å². The van der Waals surface area contributed by atoms with Crippen LogP contribution in [0.4, 0.5) is 15.8 Å². The number of hydrogen-bond donors (Lipinski definition) is 2. The molecule has 0 unspecified atom stereocenters. The topological polar surface area (TPSA) is 64.3 Å². The molecule has 1 aromatic carbocycles. The number of thiophene rings is 1. The molecule has 0 atom stereocenters. The van der Waals surface area contributed by atoms with E-state index in [9.17, 15) is 9.18 Å². The third-order valence-corrected chi connectivity index (χ3v) is 3.43. The number of carbonyl (C=O) groups is 1. The second-order valence-electron chi connectivity index (χ2n) is 4.12. The highest BCUT2D eigenvalue weighted by Gasteiger charge is 2.15. The fourth-order valence-electron chi connectivity index (χ4n) is 1.70. The number of nitrogens with two attached hydrogens (primary N) is 1. The van der Waals surface area contributed by atoms with Crippen LogP contribution in [0.15, 0.2) is 29.0 Å². The Kier molecular flexibility index (Phi) is 4.57. The Morgan fingerprint density at radius 2 is 2.30 bits per heavy atom. The molecule has 20 heavy (non-hydrogen) atoms. The van der Waals surface area contributed by atoms with Gasteiger partial charge in [-0.25, -0.2) is 9.18 Å². The molecule has 0 aliphatic carbocycles. The number of rotatable bonds is 5. The standard InChI is InChI=1S/C14H15FN2O2S/c1-2-19-14(18)10-5-13(11(15)6-12(10)16)17-7-9-3-4-20-8-9/h3-6,8,17H,2,7,16H2,1H3. The lowest BCUT2D eigenvalue weighted by molar-refractivity contribution is 0.0527. The maximum absolute atomic E-state index is 13.8. The number of nitrogen functional groups attached to an aromatic ring is 1. The molecule has 0 amide bonds. The summed E-state index contributed by atoms with van der Waals surface area (Å²) in [7, 11) is 0. The number of nitrogens with one attached hydrogen (secondary N) is 1. The van der Waals surface area contributed by atoms with Gasteiger partial charge < -0.3 is 15.8 Å². The summed E-state index contributed by atoms with van der Waals surface area (Å²) >= 11 is 1.57. The molecule has 0 aliphatic rings. The first-order valence-corrected chi connectivity index (χ1v) is 7.07. The monoisotopic (exact) mass is 294 g/mol. The molecular weight excluding hydrogens is 279 g/mol. The van der Waals surface area contributed by atoms with Crippen molar-refractivity contribution in [3.8, 4) is 0 Å². The summed E-state index contributed by atoms with van der Waals surface area (Å²) in [6.45, 7) is 2.42. The zero-order valence-electron chi connectivity index (χ0n) is 11.0. The average molecular weight is 294 g/mol. The third kappa shape index (κ3) is 3.27. The minimum Gasteiger partial charge on any atom is -0.462 e. The van der Waals surface area contributed by atoms with Gasteiger partial charge in [-0.1, -0.05) is 0 Å². The molecule has 0 radical (unpaired) electrons. The number of hydrogen-bond acceptors (Lipinski definition) is 5. The van der Waals surface area contributed by atoms with Crippen LogP contribution >= 0.6 is 11.3 Å². The third-order valence-electron chi connectivity index (χ3n) is 2.70. The minimum atomic E-state index is -0.552. The van der Waals surface area contributed by atoms with Crippen LogP contribution in [0.5, 0.6) is 0 Å². The van der Waals surface area contributed by atoms with Gasteiger partial charge in [0, 0.05) is 12.2 Å². The molecule has 2 aromatic rings. The molecule has 6 heteroatoms. The van der Waals surface area contributed by atoms with Crippen molar-refractivity contribution in [1.29, 1.82) is 0 Å². The molecule has 106 valence electrons. The van der Waals surface area contributed by atoms with Crippen LogP contribution in [0.2, 0.25) is 0 Å². The number of carbonyl (C=O) groups excluding carboxylic acids is 1. The largest absolute Gasteiger partial charge is 0.462 e. The highest BCUT2D eigenvalue weighted by atomic mass is 32.1. The Labute approximate surface area is 120 Å². The van der Waals surface area contributed by atoms with Gasteiger partial charge in [0.15, 0.2) is 0 Å². The van der Waals surface area contributed by atoms with E-state index in [1.54, 1.807) is 18.3 Å². The van der Waals surface area contributed by atoms with Crippen LogP contribution in [0.3, 0.4) is 0 Å². The minimum absolute atomic E-state index is 0.0713. The molecule has 0 fully saturated rings. The Hall–Kier alpha value is -2.08. The summed E-state index contributed by atoms with van der Waals surface area (Å²) in [5, 5.41) is 6.86. The fraction of sp³-hybridized carbons (Fsp3) is 0.214. The summed E-state index contributed by atoms with van der Waals surface area (Å²) in [4.78, 5) is 11.7. The molecule has 2 rings (SSSR count). The first-order chi connectivity index (χ1) is 9.61. The van der Waals surface area contributed by atoms with Gasteiger partial charge in [0.2, 0.25) is 0 Å². The molecule has 1 heterocycles. The van der Waals surface area contributed by atoms with Crippen LogP contribution < -0.4 is 11.1 Å². The van der Waals surface area contributed by atoms with Gasteiger partial charge in [-0.05, 0) is 41.4 Å². The normalized spacial score (nSPS) is 10.3. The predicted molar refractivity (Wildman–Crippen MR) is 78.4 cm³/mol. The molecule has 0 saturated heterocycles. The quantitative estimate of drug-likeness (QED) is 0.656. The number of halogens is 1. The lowest BCUT2D eigenvalue weighted by atomic mass is 10.1. The van der Waals surface area contributed by atoms with E-state index in [1.807, 2.05) is 16.8 Å². The summed E-state index contributed by atoms with van der Waals surface area (Å²) < 4.78 is 18.7. The zero-order valence-corrected chi connectivity index (χ0v) is 11.8. The van der Waals surface area contributed by atoms with Crippen molar-refractivity contribution < 1.29 is 13.9 Å². The Morgan fingerprint density at radius 1 is 1.50 bits per heavy atom. The van der Waals surface area contributed by atoms with Crippen LogP contribution in [0.25, 0.3) is 0 Å². The van der Waals surface area contributed by atoms with E-state index in [-0.39, 0.29) is 23.5 Å². The van der Waals surface area contributed by atoms with E-state index >= 15 is 0 Å². The van der Waals surface area contributed by atoms with Crippen molar-refractivity contribution in [3.05, 3.63) is 45.9 Å². The van der Waals surface area contributed by atoms with Gasteiger partial charge in [-0.15, -0.1) is 0 Å². The maximum Gasteiger partial charge on any atom is 0.340 e. The van der Waals surface area contributed by atoms with Crippen molar-refractivity contribution in [2.24, 2.45) is 0 Å². The molecule has 0 spiro atoms. The second-order valence-corrected chi connectivity index (χ2v) is 4.90. The first kappa shape index (κ1) is 14.3. The molecule has 3 N–H and O–H groups in total. The van der Waals surface area contributed by atoms with Crippen LogP contribution in [0, 0.1) is 5.82 Å². The molecule has 0 bridgehead atoms. The summed E-state index contributed by atoms with van der Waals surface area (Å²) in [5.41, 5.74) is 7.16. The van der Waals surface area contributed by atoms with E-state index < -0.39 is 11.8 Å². The Bertz CT molecular complexity index is 599. The van der Waals surface area contributed by atoms with Crippen molar-refractivity contribution in [3.63, 3.8) is 0 Å². The van der Waals surface area contributed by atoms with Crippen LogP contribution in [0.1, 0.15) is 22.8 Å². The fourth-order valence-corrected chi connectivity index (χ4v) is 2.37. The van der Waals surface area contributed by atoms with E-state index in [4.69, 9.17) is 10.5 Å². The zero-order chi connectivity index (χ0) is 14.5. The first-order valence-electron chi connectivity index (χ1n) is 6.13. The second kappa shape index (κ2) is 6.38. The van der Waals surface area contributed by atoms with Crippen LogP contribution in [-0.4, -0.2) is 12.6 Å². The lowest BCUT2D eigenvalue weighted by Crippen LogP contribution is -2.10. The van der Waals surface area contributed by atoms with Crippen molar-refractivity contribution in [2.45, 2.75) is 13.5 Å². The molecular formula is C14H15FN2O2S. The highest BCUT2D eigenvalue weighted by Crippen LogP contribution is 2.23. The van der Waals surface area contributed by atoms with E-state index in [0.717, 1.165) is 11.6 Å². The predicted octanol–water partition coefficient (Wildman–Crippen LogP) is 3.26. The number of anilines is 2. The summed E-state index contributed by atoms with van der Waals surface area (Å²) in [6.07, 6.45) is 0. The van der Waals surface area contributed by atoms with E-state index in [0.29, 0.717) is 6.54 Å². The lowest BCUT2D eigenvalue weighted by Gasteiger charge is -2.11. The van der Waals surface area contributed by atoms with Crippen molar-refractivity contribution >= 4 is 28.7 Å². The van der Waals surface area contributed by atoms with Gasteiger partial charge in [0.1, 0.15) is 5.82 Å². The van der Waals surface area contributed by atoms with E-state index in [2.05, 4.69) is 5.32 Å². The maximum atomic E-state index is 13.8. The molecule has 1 aromatic heterocycles. The molecule has 4 nitrogen and oxygen atoms in total. The number of benzene rings is 1. The van der Waals surface area contributed by atoms with Crippen LogP contribution in [-0.2, 0) is 11.3 Å². The van der Waals surface area contributed by atoms with E-state index in [1.165, 1.54) is 6.07 Å². The number of ether oxygens (including phenoxy) is 1. The smallest absolute Gasteiger partial charge is 0.340 e. The van der Waals surface area contributed by atoms with Gasteiger partial charge in [0.05, 0.1) is 17.9 Å². The molecule has 0 aliphatic heterocycles. The van der Waals surface area contributed by atoms with Crippen molar-refractivity contribution in [2.75, 3.05) is 17.7 Å². The summed E-state index contributed by atoms with van der Waals surface area (Å²) in [5.74, 6) is -1.05. The number of esters is 1. The molecule has 0 saturated carbocycles. The van der Waals surface area contributed by atoms with Crippen molar-refractivity contribution in [1.82, 2.24) is 0 Å².